The number of hydrogen-bond donors (Lipinski definition) is 1. The van der Waals surface area contributed by atoms with Crippen LogP contribution in [0.2, 0.25) is 0 Å². The molecule has 3 atom stereocenters. The molecule has 1 saturated carbocycles. The number of fused-ring (bicyclic) bond motifs is 1. The molecule has 1 fully saturated rings. The van der Waals surface area contributed by atoms with E-state index in [9.17, 15) is 5.11 Å². The number of rotatable bonds is 0. The molecule has 2 nitrogen and oxygen atoms in total. The van der Waals surface area contributed by atoms with Crippen LogP contribution in [0.3, 0.4) is 0 Å². The number of aliphatic hydroxyl groups excluding tert-OH is 1. The highest BCUT2D eigenvalue weighted by Gasteiger charge is 2.48. The zero-order valence-corrected chi connectivity index (χ0v) is 12.1. The molecule has 1 aromatic carbocycles. The van der Waals surface area contributed by atoms with E-state index in [2.05, 4.69) is 20.8 Å². The average Bonchev–Trinajstić information content (AvgIpc) is 2.25. The Balaban J connectivity index is 1.95. The first-order valence-electron chi connectivity index (χ1n) is 7.35. The summed E-state index contributed by atoms with van der Waals surface area (Å²) in [4.78, 5) is 0. The first-order chi connectivity index (χ1) is 8.89. The van der Waals surface area contributed by atoms with Crippen molar-refractivity contribution in [3.63, 3.8) is 0 Å². The highest BCUT2D eigenvalue weighted by atomic mass is 16.5. The van der Waals surface area contributed by atoms with E-state index in [1.807, 2.05) is 24.3 Å². The molecule has 2 aliphatic rings. The largest absolute Gasteiger partial charge is 0.487 e. The lowest BCUT2D eigenvalue weighted by Crippen LogP contribution is -2.49. The predicted octanol–water partition coefficient (Wildman–Crippen LogP) is 4.09. The van der Waals surface area contributed by atoms with Crippen LogP contribution in [0, 0.1) is 11.3 Å². The van der Waals surface area contributed by atoms with Gasteiger partial charge in [-0.05, 0) is 36.7 Å². The quantitative estimate of drug-likeness (QED) is 0.761. The van der Waals surface area contributed by atoms with Crippen LogP contribution >= 0.6 is 0 Å². The molecule has 2 heteroatoms. The highest BCUT2D eigenvalue weighted by molar-refractivity contribution is 5.38. The number of hydrogen-bond acceptors (Lipinski definition) is 2. The highest BCUT2D eigenvalue weighted by Crippen LogP contribution is 2.52. The molecule has 0 bridgehead atoms. The molecule has 0 aromatic heterocycles. The van der Waals surface area contributed by atoms with Crippen molar-refractivity contribution in [3.05, 3.63) is 29.8 Å². The monoisotopic (exact) mass is 260 g/mol. The van der Waals surface area contributed by atoms with Gasteiger partial charge in [0.15, 0.2) is 0 Å². The molecule has 0 saturated heterocycles. The zero-order chi connectivity index (χ0) is 13.7. The van der Waals surface area contributed by atoms with E-state index < -0.39 is 0 Å². The van der Waals surface area contributed by atoms with Gasteiger partial charge in [0, 0.05) is 12.0 Å². The molecule has 1 spiro atoms. The van der Waals surface area contributed by atoms with Crippen LogP contribution in [-0.4, -0.2) is 10.7 Å². The summed E-state index contributed by atoms with van der Waals surface area (Å²) in [7, 11) is 0. The Labute approximate surface area is 115 Å². The summed E-state index contributed by atoms with van der Waals surface area (Å²) in [5.74, 6) is 1.53. The van der Waals surface area contributed by atoms with Crippen molar-refractivity contribution < 1.29 is 9.84 Å². The fourth-order valence-electron chi connectivity index (χ4n) is 4.49. The molecule has 19 heavy (non-hydrogen) atoms. The standard InChI is InChI=1S/C17H24O2/c1-12-8-16(2,3)11-17(9-12)10-14(18)13-6-4-5-7-15(13)19-17/h4-7,12,14,18H,8-11H2,1-3H3/t12?,14-,17?/m1/s1. The lowest BCUT2D eigenvalue weighted by atomic mass is 9.63. The van der Waals surface area contributed by atoms with E-state index >= 15 is 0 Å². The molecule has 2 unspecified atom stereocenters. The molecule has 3 rings (SSSR count). The maximum atomic E-state index is 10.5. The van der Waals surface area contributed by atoms with Crippen LogP contribution in [0.25, 0.3) is 0 Å². The van der Waals surface area contributed by atoms with Gasteiger partial charge in [0.1, 0.15) is 11.4 Å². The smallest absolute Gasteiger partial charge is 0.125 e. The van der Waals surface area contributed by atoms with Crippen molar-refractivity contribution in [2.75, 3.05) is 0 Å². The summed E-state index contributed by atoms with van der Waals surface area (Å²) in [6.07, 6.45) is 3.69. The van der Waals surface area contributed by atoms with E-state index in [0.29, 0.717) is 11.3 Å². The van der Waals surface area contributed by atoms with Crippen molar-refractivity contribution in [1.29, 1.82) is 0 Å². The third-order valence-corrected chi connectivity index (χ3v) is 4.59. The maximum Gasteiger partial charge on any atom is 0.125 e. The van der Waals surface area contributed by atoms with Crippen LogP contribution in [0.4, 0.5) is 0 Å². The van der Waals surface area contributed by atoms with Crippen molar-refractivity contribution in [1.82, 2.24) is 0 Å². The Hall–Kier alpha value is -1.02. The van der Waals surface area contributed by atoms with Crippen LogP contribution < -0.4 is 4.74 Å². The van der Waals surface area contributed by atoms with E-state index in [1.165, 1.54) is 6.42 Å². The second kappa shape index (κ2) is 4.24. The summed E-state index contributed by atoms with van der Waals surface area (Å²) in [6, 6.07) is 7.93. The van der Waals surface area contributed by atoms with Gasteiger partial charge in [0.2, 0.25) is 0 Å². The fraction of sp³-hybridized carbons (Fsp3) is 0.647. The summed E-state index contributed by atoms with van der Waals surface area (Å²) >= 11 is 0. The molecule has 104 valence electrons. The SMILES string of the molecule is CC1CC(C)(C)CC2(C1)C[C@@H](O)c1ccccc1O2. The number of para-hydroxylation sites is 1. The minimum absolute atomic E-state index is 0.172. The van der Waals surface area contributed by atoms with E-state index in [0.717, 1.165) is 30.6 Å². The Morgan fingerprint density at radius 1 is 1.16 bits per heavy atom. The summed E-state index contributed by atoms with van der Waals surface area (Å²) in [5.41, 5.74) is 1.07. The van der Waals surface area contributed by atoms with E-state index in [1.54, 1.807) is 0 Å². The Morgan fingerprint density at radius 3 is 2.63 bits per heavy atom. The average molecular weight is 260 g/mol. The van der Waals surface area contributed by atoms with Gasteiger partial charge in [-0.2, -0.15) is 0 Å². The number of ether oxygens (including phenoxy) is 1. The summed E-state index contributed by atoms with van der Waals surface area (Å²) < 4.78 is 6.38. The third kappa shape index (κ3) is 2.38. The first-order valence-corrected chi connectivity index (χ1v) is 7.35. The minimum atomic E-state index is -0.383. The Morgan fingerprint density at radius 2 is 1.89 bits per heavy atom. The second-order valence-corrected chi connectivity index (χ2v) is 7.40. The van der Waals surface area contributed by atoms with Gasteiger partial charge >= 0.3 is 0 Å². The molecular formula is C17H24O2. The molecule has 1 heterocycles. The van der Waals surface area contributed by atoms with Crippen molar-refractivity contribution in [2.24, 2.45) is 11.3 Å². The van der Waals surface area contributed by atoms with Gasteiger partial charge in [-0.25, -0.2) is 0 Å². The van der Waals surface area contributed by atoms with E-state index in [4.69, 9.17) is 4.74 Å². The second-order valence-electron chi connectivity index (χ2n) is 7.40. The fourth-order valence-corrected chi connectivity index (χ4v) is 4.49. The molecule has 1 aromatic rings. The van der Waals surface area contributed by atoms with Crippen molar-refractivity contribution in [2.45, 2.75) is 58.2 Å². The predicted molar refractivity (Wildman–Crippen MR) is 76.2 cm³/mol. The number of aliphatic hydroxyl groups is 1. The molecule has 1 aliphatic carbocycles. The van der Waals surface area contributed by atoms with Crippen molar-refractivity contribution in [3.8, 4) is 5.75 Å². The molecule has 0 radical (unpaired) electrons. The normalized spacial score (nSPS) is 36.6. The number of benzene rings is 1. The third-order valence-electron chi connectivity index (χ3n) is 4.59. The first kappa shape index (κ1) is 13.0. The summed E-state index contributed by atoms with van der Waals surface area (Å²) in [5, 5.41) is 10.5. The topological polar surface area (TPSA) is 29.5 Å². The maximum absolute atomic E-state index is 10.5. The van der Waals surface area contributed by atoms with Crippen molar-refractivity contribution >= 4 is 0 Å². The Bertz CT molecular complexity index is 480. The van der Waals surface area contributed by atoms with Gasteiger partial charge in [0.05, 0.1) is 6.10 Å². The van der Waals surface area contributed by atoms with Gasteiger partial charge in [0.25, 0.3) is 0 Å². The van der Waals surface area contributed by atoms with Gasteiger partial charge < -0.3 is 9.84 Å². The van der Waals surface area contributed by atoms with E-state index in [-0.39, 0.29) is 11.7 Å². The summed E-state index contributed by atoms with van der Waals surface area (Å²) in [6.45, 7) is 6.94. The van der Waals surface area contributed by atoms with Crippen LogP contribution in [0.5, 0.6) is 5.75 Å². The lowest BCUT2D eigenvalue weighted by molar-refractivity contribution is -0.0822. The molecular weight excluding hydrogens is 236 g/mol. The zero-order valence-electron chi connectivity index (χ0n) is 12.1. The molecule has 1 aliphatic heterocycles. The molecule has 0 amide bonds. The van der Waals surface area contributed by atoms with Gasteiger partial charge in [-0.1, -0.05) is 39.0 Å². The Kier molecular flexibility index (Phi) is 2.90. The lowest BCUT2D eigenvalue weighted by Gasteiger charge is -2.50. The molecule has 1 N–H and O–H groups in total. The van der Waals surface area contributed by atoms with Gasteiger partial charge in [-0.15, -0.1) is 0 Å². The van der Waals surface area contributed by atoms with Gasteiger partial charge in [-0.3, -0.25) is 0 Å². The van der Waals surface area contributed by atoms with Crippen LogP contribution in [0.15, 0.2) is 24.3 Å². The van der Waals surface area contributed by atoms with Crippen LogP contribution in [0.1, 0.15) is 58.1 Å². The minimum Gasteiger partial charge on any atom is -0.487 e. The van der Waals surface area contributed by atoms with Crippen LogP contribution in [-0.2, 0) is 0 Å².